The van der Waals surface area contributed by atoms with Crippen molar-refractivity contribution in [2.45, 2.75) is 89.5 Å². The summed E-state index contributed by atoms with van der Waals surface area (Å²) in [7, 11) is 0. The fraction of sp³-hybridized carbons (Fsp3) is 0.486. The molecule has 0 spiro atoms. The highest BCUT2D eigenvalue weighted by molar-refractivity contribution is 5.46. The van der Waals surface area contributed by atoms with Crippen molar-refractivity contribution in [1.82, 2.24) is 10.2 Å². The van der Waals surface area contributed by atoms with Gasteiger partial charge in [-0.05, 0) is 93.8 Å². The minimum Gasteiger partial charge on any atom is -0.490 e. The lowest BCUT2D eigenvalue weighted by Crippen LogP contribution is -2.45. The van der Waals surface area contributed by atoms with Crippen LogP contribution in [-0.4, -0.2) is 43.1 Å². The van der Waals surface area contributed by atoms with Gasteiger partial charge in [0.1, 0.15) is 29.7 Å². The third-order valence-electron chi connectivity index (χ3n) is 8.56. The highest BCUT2D eigenvalue weighted by Crippen LogP contribution is 2.42. The molecule has 0 amide bonds. The van der Waals surface area contributed by atoms with Gasteiger partial charge in [-0.1, -0.05) is 42.8 Å². The van der Waals surface area contributed by atoms with Gasteiger partial charge in [-0.15, -0.1) is 0 Å². The summed E-state index contributed by atoms with van der Waals surface area (Å²) in [6.07, 6.45) is 4.50. The van der Waals surface area contributed by atoms with Crippen molar-refractivity contribution in [1.29, 1.82) is 0 Å². The fourth-order valence-corrected chi connectivity index (χ4v) is 6.38. The third kappa shape index (κ3) is 8.30. The molecule has 3 aromatic rings. The topological polar surface area (TPSA) is 33.7 Å². The van der Waals surface area contributed by atoms with Gasteiger partial charge in [0.25, 0.3) is 6.43 Å². The van der Waals surface area contributed by atoms with Crippen molar-refractivity contribution < 1.29 is 27.0 Å². The van der Waals surface area contributed by atoms with Crippen molar-refractivity contribution >= 4 is 0 Å². The van der Waals surface area contributed by atoms with E-state index in [1.54, 1.807) is 12.1 Å². The monoisotopic (exact) mass is 598 g/mol. The van der Waals surface area contributed by atoms with Crippen LogP contribution in [0.3, 0.4) is 0 Å². The predicted octanol–water partition coefficient (Wildman–Crippen LogP) is 8.23. The van der Waals surface area contributed by atoms with E-state index in [4.69, 9.17) is 9.47 Å². The van der Waals surface area contributed by atoms with Gasteiger partial charge in [-0.3, -0.25) is 4.90 Å². The van der Waals surface area contributed by atoms with Gasteiger partial charge in [-0.2, -0.15) is 0 Å². The Bertz CT molecular complexity index is 1290. The molecule has 0 aromatic heterocycles. The van der Waals surface area contributed by atoms with Crippen molar-refractivity contribution in [3.63, 3.8) is 0 Å². The number of hydrogen-bond acceptors (Lipinski definition) is 4. The van der Waals surface area contributed by atoms with Crippen LogP contribution in [0.4, 0.5) is 17.6 Å². The van der Waals surface area contributed by atoms with E-state index >= 15 is 8.78 Å². The summed E-state index contributed by atoms with van der Waals surface area (Å²) in [4.78, 5) is 1.51. The molecule has 4 nitrogen and oxygen atoms in total. The molecule has 1 fully saturated rings. The van der Waals surface area contributed by atoms with E-state index < -0.39 is 30.6 Å². The molecule has 1 saturated heterocycles. The maximum absolute atomic E-state index is 15.9. The Morgan fingerprint density at radius 3 is 2.28 bits per heavy atom. The van der Waals surface area contributed by atoms with Gasteiger partial charge in [0.2, 0.25) is 0 Å². The van der Waals surface area contributed by atoms with E-state index in [1.807, 2.05) is 43.3 Å². The van der Waals surface area contributed by atoms with Crippen LogP contribution in [0.25, 0.3) is 0 Å². The summed E-state index contributed by atoms with van der Waals surface area (Å²) in [5, 5.41) is 3.44. The van der Waals surface area contributed by atoms with E-state index in [0.717, 1.165) is 69.2 Å². The molecule has 3 atom stereocenters. The molecule has 2 unspecified atom stereocenters. The summed E-state index contributed by atoms with van der Waals surface area (Å²) in [5.74, 6) is -0.808. The number of rotatable bonds is 8. The molecular weight excluding hydrogens is 556 g/mol. The maximum Gasteiger partial charge on any atom is 0.251 e. The SMILES string of the molecule is C[C@@H]1Cc2cc(OCc3ccccc3)ccc2C(c2c(F)cc(OC3CCCCCNCCCC3)cc2F)N1CC(F)F. The lowest BCUT2D eigenvalue weighted by Gasteiger charge is -2.42. The number of nitrogens with one attached hydrogen (secondary N) is 1. The second-order valence-corrected chi connectivity index (χ2v) is 11.8. The molecule has 8 heteroatoms. The standard InChI is InChI=1S/C35H42F4N2O2/c1-24-18-26-19-28(42-23-25-10-4-2-5-11-25)14-15-30(26)35(41(24)22-33(38)39)34-31(36)20-29(21-32(34)37)43-27-12-6-3-8-16-40-17-9-7-13-27/h2,4-5,10-11,14-15,19-21,24,27,33,35,40H,3,6-9,12-13,16-18,22-23H2,1H3/t24-,27?,35?/m1/s1. The first-order chi connectivity index (χ1) is 20.9. The largest absolute Gasteiger partial charge is 0.490 e. The van der Waals surface area contributed by atoms with Crippen LogP contribution in [-0.2, 0) is 13.0 Å². The molecule has 43 heavy (non-hydrogen) atoms. The van der Waals surface area contributed by atoms with Gasteiger partial charge in [0.15, 0.2) is 0 Å². The summed E-state index contributed by atoms with van der Waals surface area (Å²) in [6.45, 7) is 3.57. The van der Waals surface area contributed by atoms with Gasteiger partial charge in [0.05, 0.1) is 18.7 Å². The van der Waals surface area contributed by atoms with Crippen LogP contribution in [0, 0.1) is 11.6 Å². The number of alkyl halides is 2. The molecule has 0 bridgehead atoms. The molecule has 3 aromatic carbocycles. The second kappa shape index (κ2) is 15.1. The highest BCUT2D eigenvalue weighted by Gasteiger charge is 2.38. The molecule has 1 N–H and O–H groups in total. The van der Waals surface area contributed by atoms with E-state index in [2.05, 4.69) is 5.32 Å². The number of hydrogen-bond donors (Lipinski definition) is 1. The Balaban J connectivity index is 1.41. The molecule has 232 valence electrons. The van der Waals surface area contributed by atoms with Crippen molar-refractivity contribution in [2.75, 3.05) is 19.6 Å². The average Bonchev–Trinajstić information content (AvgIpc) is 3.04. The number of halogens is 4. The lowest BCUT2D eigenvalue weighted by atomic mass is 9.84. The summed E-state index contributed by atoms with van der Waals surface area (Å²) in [6, 6.07) is 16.2. The molecule has 0 aliphatic carbocycles. The number of nitrogens with zero attached hydrogens (tertiary/aromatic N) is 1. The number of fused-ring (bicyclic) bond motifs is 1. The Morgan fingerprint density at radius 1 is 0.860 bits per heavy atom. The number of benzene rings is 3. The fourth-order valence-electron chi connectivity index (χ4n) is 6.38. The van der Waals surface area contributed by atoms with E-state index in [1.165, 1.54) is 17.0 Å². The minimum absolute atomic E-state index is 0.122. The van der Waals surface area contributed by atoms with Crippen LogP contribution in [0.1, 0.15) is 80.2 Å². The van der Waals surface area contributed by atoms with Gasteiger partial charge < -0.3 is 14.8 Å². The zero-order chi connectivity index (χ0) is 30.2. The first-order valence-electron chi connectivity index (χ1n) is 15.6. The predicted molar refractivity (Wildman–Crippen MR) is 161 cm³/mol. The van der Waals surface area contributed by atoms with Crippen LogP contribution in [0.2, 0.25) is 0 Å². The zero-order valence-electron chi connectivity index (χ0n) is 24.8. The van der Waals surface area contributed by atoms with Gasteiger partial charge in [-0.25, -0.2) is 17.6 Å². The normalized spacial score (nSPS) is 22.0. The molecule has 0 saturated carbocycles. The highest BCUT2D eigenvalue weighted by atomic mass is 19.3. The van der Waals surface area contributed by atoms with Crippen molar-refractivity contribution in [3.8, 4) is 11.5 Å². The van der Waals surface area contributed by atoms with Crippen molar-refractivity contribution in [3.05, 3.63) is 94.6 Å². The Morgan fingerprint density at radius 2 is 1.56 bits per heavy atom. The molecule has 2 aliphatic rings. The molecule has 2 aliphatic heterocycles. The smallest absolute Gasteiger partial charge is 0.251 e. The Hall–Kier alpha value is -3.10. The van der Waals surface area contributed by atoms with E-state index in [9.17, 15) is 8.78 Å². The maximum atomic E-state index is 15.9. The van der Waals surface area contributed by atoms with Crippen LogP contribution in [0.15, 0.2) is 60.7 Å². The molecular formula is C35H42F4N2O2. The first-order valence-corrected chi connectivity index (χ1v) is 15.6. The first kappa shape index (κ1) is 31.3. The average molecular weight is 599 g/mol. The van der Waals surface area contributed by atoms with Gasteiger partial charge >= 0.3 is 0 Å². The molecule has 2 heterocycles. The van der Waals surface area contributed by atoms with Crippen molar-refractivity contribution in [2.24, 2.45) is 0 Å². The summed E-state index contributed by atoms with van der Waals surface area (Å²) in [5.41, 5.74) is 2.22. The van der Waals surface area contributed by atoms with E-state index in [0.29, 0.717) is 24.3 Å². The molecule has 5 rings (SSSR count). The van der Waals surface area contributed by atoms with E-state index in [-0.39, 0.29) is 23.5 Å². The van der Waals surface area contributed by atoms with Gasteiger partial charge in [0, 0.05) is 23.7 Å². The van der Waals surface area contributed by atoms with Crippen LogP contribution >= 0.6 is 0 Å². The summed E-state index contributed by atoms with van der Waals surface area (Å²) < 4.78 is 71.5. The van der Waals surface area contributed by atoms with Crippen LogP contribution in [0.5, 0.6) is 11.5 Å². The third-order valence-corrected chi connectivity index (χ3v) is 8.56. The minimum atomic E-state index is -2.65. The quantitative estimate of drug-likeness (QED) is 0.265. The summed E-state index contributed by atoms with van der Waals surface area (Å²) >= 11 is 0. The molecule has 0 radical (unpaired) electrons. The number of ether oxygens (including phenoxy) is 2. The second-order valence-electron chi connectivity index (χ2n) is 11.8. The Labute approximate surface area is 252 Å². The zero-order valence-corrected chi connectivity index (χ0v) is 24.8. The Kier molecular flexibility index (Phi) is 11.0. The van der Waals surface area contributed by atoms with Crippen LogP contribution < -0.4 is 14.8 Å². The lowest BCUT2D eigenvalue weighted by molar-refractivity contribution is 0.0444.